The molecule has 1 amide bonds. The van der Waals surface area contributed by atoms with Gasteiger partial charge in [-0.25, -0.2) is 13.8 Å². The van der Waals surface area contributed by atoms with Gasteiger partial charge in [0.2, 0.25) is 5.91 Å². The van der Waals surface area contributed by atoms with Gasteiger partial charge in [0, 0.05) is 13.1 Å². The Balaban J connectivity index is 1.50. The average molecular weight is 567 g/mol. The van der Waals surface area contributed by atoms with Crippen LogP contribution >= 0.6 is 0 Å². The Labute approximate surface area is 243 Å². The van der Waals surface area contributed by atoms with E-state index in [0.717, 1.165) is 16.7 Å². The highest BCUT2D eigenvalue weighted by atomic mass is 19.1. The number of carbonyl (C=O) groups excluding carboxylic acids is 1. The Morgan fingerprint density at radius 3 is 2.00 bits per heavy atom. The van der Waals surface area contributed by atoms with Gasteiger partial charge in [-0.3, -0.25) is 14.2 Å². The molecule has 42 heavy (non-hydrogen) atoms. The molecular weight excluding hydrogens is 534 g/mol. The minimum Gasteiger partial charge on any atom is -0.331 e. The smallest absolute Gasteiger partial charge is 0.266 e. The predicted molar refractivity (Wildman–Crippen MR) is 162 cm³/mol. The first-order valence-electron chi connectivity index (χ1n) is 13.8. The van der Waals surface area contributed by atoms with Crippen molar-refractivity contribution in [3.8, 4) is 16.8 Å². The van der Waals surface area contributed by atoms with E-state index in [1.165, 1.54) is 41.0 Å². The molecule has 0 N–H and O–H groups in total. The summed E-state index contributed by atoms with van der Waals surface area (Å²) in [6.45, 7) is 2.88. The number of carbonyl (C=O) groups is 1. The van der Waals surface area contributed by atoms with Gasteiger partial charge in [-0.2, -0.15) is 0 Å². The molecule has 0 aliphatic rings. The number of halogens is 2. The first-order valence-corrected chi connectivity index (χ1v) is 13.8. The first kappa shape index (κ1) is 28.8. The molecule has 0 saturated heterocycles. The molecule has 1 atom stereocenters. The van der Waals surface area contributed by atoms with Crippen molar-refractivity contribution in [2.45, 2.75) is 19.4 Å². The van der Waals surface area contributed by atoms with Gasteiger partial charge in [0.1, 0.15) is 17.5 Å². The van der Waals surface area contributed by atoms with E-state index in [1.807, 2.05) is 56.3 Å². The molecule has 0 saturated carbocycles. The zero-order valence-corrected chi connectivity index (χ0v) is 23.8. The summed E-state index contributed by atoms with van der Waals surface area (Å²) in [5.74, 6) is -0.432. The fourth-order valence-corrected chi connectivity index (χ4v) is 4.98. The van der Waals surface area contributed by atoms with Crippen LogP contribution in [0.1, 0.15) is 24.4 Å². The molecule has 214 valence electrons. The number of aromatic nitrogens is 2. The number of likely N-dealkylation sites (N-methyl/N-ethyl adjacent to an activating group) is 1. The molecule has 0 spiro atoms. The van der Waals surface area contributed by atoms with Crippen LogP contribution in [0.15, 0.2) is 102 Å². The second-order valence-electron chi connectivity index (χ2n) is 10.6. The van der Waals surface area contributed by atoms with E-state index in [1.54, 1.807) is 35.2 Å². The molecule has 0 aliphatic heterocycles. The molecule has 0 aliphatic carbocycles. The summed E-state index contributed by atoms with van der Waals surface area (Å²) in [6.07, 6.45) is 0.149. The third-order valence-electron chi connectivity index (χ3n) is 7.32. The van der Waals surface area contributed by atoms with Crippen molar-refractivity contribution in [2.24, 2.45) is 0 Å². The lowest BCUT2D eigenvalue weighted by Crippen LogP contribution is -2.41. The summed E-state index contributed by atoms with van der Waals surface area (Å²) in [4.78, 5) is 36.2. The number of hydrogen-bond acceptors (Lipinski definition) is 4. The van der Waals surface area contributed by atoms with Crippen molar-refractivity contribution in [3.05, 3.63) is 130 Å². The van der Waals surface area contributed by atoms with Crippen LogP contribution in [-0.2, 0) is 11.2 Å². The summed E-state index contributed by atoms with van der Waals surface area (Å²) in [5, 5.41) is 0.435. The maximum Gasteiger partial charge on any atom is 0.266 e. The minimum absolute atomic E-state index is 0.119. The molecule has 5 rings (SSSR count). The van der Waals surface area contributed by atoms with Gasteiger partial charge in [0.05, 0.1) is 29.1 Å². The van der Waals surface area contributed by atoms with E-state index in [2.05, 4.69) is 0 Å². The predicted octanol–water partition coefficient (Wildman–Crippen LogP) is 6.02. The summed E-state index contributed by atoms with van der Waals surface area (Å²) in [7, 11) is 3.87. The normalized spacial score (nSPS) is 12.0. The van der Waals surface area contributed by atoms with E-state index < -0.39 is 11.9 Å². The number of para-hydroxylation sites is 1. The Morgan fingerprint density at radius 2 is 1.38 bits per heavy atom. The summed E-state index contributed by atoms with van der Waals surface area (Å²) >= 11 is 0. The maximum atomic E-state index is 13.9. The van der Waals surface area contributed by atoms with Crippen molar-refractivity contribution < 1.29 is 13.6 Å². The van der Waals surface area contributed by atoms with E-state index in [4.69, 9.17) is 4.98 Å². The topological polar surface area (TPSA) is 58.4 Å². The maximum absolute atomic E-state index is 13.9. The number of benzene rings is 4. The number of nitrogens with zero attached hydrogens (tertiary/aromatic N) is 4. The van der Waals surface area contributed by atoms with E-state index in [9.17, 15) is 18.4 Å². The lowest BCUT2D eigenvalue weighted by Gasteiger charge is -2.31. The Hall–Kier alpha value is -4.69. The van der Waals surface area contributed by atoms with Crippen molar-refractivity contribution in [2.75, 3.05) is 27.2 Å². The molecule has 1 aromatic heterocycles. The fourth-order valence-electron chi connectivity index (χ4n) is 4.98. The van der Waals surface area contributed by atoms with Crippen LogP contribution in [0.3, 0.4) is 0 Å². The van der Waals surface area contributed by atoms with Crippen LogP contribution in [0, 0.1) is 11.6 Å². The van der Waals surface area contributed by atoms with Crippen molar-refractivity contribution >= 4 is 16.8 Å². The van der Waals surface area contributed by atoms with Gasteiger partial charge in [-0.05, 0) is 86.2 Å². The van der Waals surface area contributed by atoms with Crippen LogP contribution < -0.4 is 5.56 Å². The summed E-state index contributed by atoms with van der Waals surface area (Å²) in [5.41, 5.74) is 3.35. The second kappa shape index (κ2) is 12.4. The third kappa shape index (κ3) is 6.29. The lowest BCUT2D eigenvalue weighted by molar-refractivity contribution is -0.133. The van der Waals surface area contributed by atoms with Crippen molar-refractivity contribution in [1.29, 1.82) is 0 Å². The van der Waals surface area contributed by atoms with Crippen molar-refractivity contribution in [1.82, 2.24) is 19.4 Å². The number of hydrogen-bond donors (Lipinski definition) is 0. The first-order chi connectivity index (χ1) is 20.2. The van der Waals surface area contributed by atoms with Crippen molar-refractivity contribution in [3.63, 3.8) is 0 Å². The van der Waals surface area contributed by atoms with Crippen LogP contribution in [0.5, 0.6) is 0 Å². The highest BCUT2D eigenvalue weighted by Gasteiger charge is 2.27. The Morgan fingerprint density at radius 1 is 0.810 bits per heavy atom. The number of amides is 1. The Bertz CT molecular complexity index is 1750. The van der Waals surface area contributed by atoms with Gasteiger partial charge in [0.25, 0.3) is 5.56 Å². The summed E-state index contributed by atoms with van der Waals surface area (Å²) < 4.78 is 28.6. The molecule has 8 heteroatoms. The SMILES string of the molecule is CC(c1nc2ccccc2c(=O)n1-c1ccc(F)cc1)N(CCN(C)C)C(=O)Cc1ccc(-c2ccc(F)cc2)cc1. The van der Waals surface area contributed by atoms with Gasteiger partial charge in [0.15, 0.2) is 0 Å². The molecule has 5 aromatic rings. The highest BCUT2D eigenvalue weighted by molar-refractivity contribution is 5.80. The molecule has 4 aromatic carbocycles. The average Bonchev–Trinajstić information content (AvgIpc) is 2.98. The van der Waals surface area contributed by atoms with E-state index in [-0.39, 0.29) is 23.7 Å². The molecule has 1 unspecified atom stereocenters. The molecular formula is C34H32F2N4O2. The van der Waals surface area contributed by atoms with Crippen LogP contribution in [0.25, 0.3) is 27.7 Å². The summed E-state index contributed by atoms with van der Waals surface area (Å²) in [6, 6.07) is 26.1. The van der Waals surface area contributed by atoms with Crippen LogP contribution in [0.2, 0.25) is 0 Å². The van der Waals surface area contributed by atoms with Gasteiger partial charge >= 0.3 is 0 Å². The molecule has 0 radical (unpaired) electrons. The van der Waals surface area contributed by atoms with Crippen LogP contribution in [0.4, 0.5) is 8.78 Å². The largest absolute Gasteiger partial charge is 0.331 e. The lowest BCUT2D eigenvalue weighted by atomic mass is 10.0. The third-order valence-corrected chi connectivity index (χ3v) is 7.32. The molecule has 0 bridgehead atoms. The van der Waals surface area contributed by atoms with Gasteiger partial charge in [-0.1, -0.05) is 48.5 Å². The van der Waals surface area contributed by atoms with E-state index >= 15 is 0 Å². The van der Waals surface area contributed by atoms with Gasteiger partial charge < -0.3 is 9.80 Å². The fraction of sp³-hybridized carbons (Fsp3) is 0.206. The zero-order valence-electron chi connectivity index (χ0n) is 23.8. The molecule has 1 heterocycles. The quantitative estimate of drug-likeness (QED) is 0.219. The minimum atomic E-state index is -0.571. The second-order valence-corrected chi connectivity index (χ2v) is 10.6. The van der Waals surface area contributed by atoms with Crippen LogP contribution in [-0.4, -0.2) is 52.4 Å². The highest BCUT2D eigenvalue weighted by Crippen LogP contribution is 2.25. The molecule has 0 fully saturated rings. The van der Waals surface area contributed by atoms with Gasteiger partial charge in [-0.15, -0.1) is 0 Å². The standard InChI is InChI=1S/C34H32F2N4O2/c1-23(33-37-31-7-5-4-6-30(31)34(42)40(33)29-18-16-28(36)17-19-29)39(21-20-38(2)3)32(41)22-24-8-10-25(11-9-24)26-12-14-27(35)15-13-26/h4-19,23H,20-22H2,1-3H3. The van der Waals surface area contributed by atoms with E-state index in [0.29, 0.717) is 35.5 Å². The monoisotopic (exact) mass is 566 g/mol. The molecule has 6 nitrogen and oxygen atoms in total. The Kier molecular flexibility index (Phi) is 8.54. The number of rotatable bonds is 9. The number of fused-ring (bicyclic) bond motifs is 1. The zero-order chi connectivity index (χ0) is 29.8.